The van der Waals surface area contributed by atoms with E-state index in [9.17, 15) is 0 Å². The molecule has 0 aliphatic carbocycles. The van der Waals surface area contributed by atoms with Gasteiger partial charge in [0.15, 0.2) is 5.90 Å². The summed E-state index contributed by atoms with van der Waals surface area (Å²) in [5.41, 5.74) is -0.0426. The van der Waals surface area contributed by atoms with Crippen molar-refractivity contribution in [3.05, 3.63) is 17.8 Å². The fraction of sp³-hybridized carbons (Fsp3) is 0.636. The monoisotopic (exact) mass is 210 g/mol. The van der Waals surface area contributed by atoms with E-state index in [-0.39, 0.29) is 11.3 Å². The highest BCUT2D eigenvalue weighted by Crippen LogP contribution is 2.22. The lowest BCUT2D eigenvalue weighted by molar-refractivity contribution is 0.310. The van der Waals surface area contributed by atoms with Gasteiger partial charge in [-0.3, -0.25) is 5.41 Å². The third-order valence-electron chi connectivity index (χ3n) is 1.92. The molecule has 1 aromatic rings. The first-order valence-electron chi connectivity index (χ1n) is 5.09. The molecule has 0 amide bonds. The summed E-state index contributed by atoms with van der Waals surface area (Å²) in [6.45, 7) is 8.54. The Labute approximate surface area is 90.2 Å². The Morgan fingerprint density at radius 1 is 1.53 bits per heavy atom. The van der Waals surface area contributed by atoms with Crippen LogP contribution in [0.2, 0.25) is 0 Å². The molecule has 4 heteroatoms. The van der Waals surface area contributed by atoms with Crippen LogP contribution in [0.15, 0.2) is 10.6 Å². The lowest BCUT2D eigenvalue weighted by atomic mass is 9.94. The van der Waals surface area contributed by atoms with Gasteiger partial charge >= 0.3 is 0 Å². The van der Waals surface area contributed by atoms with Gasteiger partial charge in [0.05, 0.1) is 19.2 Å². The van der Waals surface area contributed by atoms with Gasteiger partial charge in [0.2, 0.25) is 5.89 Å². The molecule has 0 aliphatic heterocycles. The Morgan fingerprint density at radius 3 is 2.67 bits per heavy atom. The molecule has 0 bridgehead atoms. The Bertz CT molecular complexity index is 337. The standard InChI is InChI=1S/C11H18N2O2/c1-5-14-9(12)6-10-13-7-8(15-10)11(2,3)4/h7,12H,5-6H2,1-4H3. The van der Waals surface area contributed by atoms with Crippen molar-refractivity contribution >= 4 is 5.90 Å². The molecule has 0 spiro atoms. The first kappa shape index (κ1) is 11.8. The third-order valence-corrected chi connectivity index (χ3v) is 1.92. The minimum Gasteiger partial charge on any atom is -0.481 e. The highest BCUT2D eigenvalue weighted by atomic mass is 16.5. The molecule has 1 aromatic heterocycles. The van der Waals surface area contributed by atoms with E-state index in [0.717, 1.165) is 5.76 Å². The van der Waals surface area contributed by atoms with Crippen LogP contribution < -0.4 is 0 Å². The first-order valence-corrected chi connectivity index (χ1v) is 5.09. The molecule has 0 aliphatic rings. The summed E-state index contributed by atoms with van der Waals surface area (Å²) in [7, 11) is 0. The Morgan fingerprint density at radius 2 is 2.20 bits per heavy atom. The van der Waals surface area contributed by atoms with E-state index >= 15 is 0 Å². The van der Waals surface area contributed by atoms with E-state index in [1.807, 2.05) is 6.92 Å². The van der Waals surface area contributed by atoms with Gasteiger partial charge < -0.3 is 9.15 Å². The lowest BCUT2D eigenvalue weighted by Gasteiger charge is -2.13. The molecule has 0 radical (unpaired) electrons. The molecular weight excluding hydrogens is 192 g/mol. The summed E-state index contributed by atoms with van der Waals surface area (Å²) in [6, 6.07) is 0. The highest BCUT2D eigenvalue weighted by Gasteiger charge is 2.19. The number of hydrogen-bond acceptors (Lipinski definition) is 4. The van der Waals surface area contributed by atoms with E-state index in [0.29, 0.717) is 18.9 Å². The highest BCUT2D eigenvalue weighted by molar-refractivity contribution is 5.74. The van der Waals surface area contributed by atoms with Crippen molar-refractivity contribution < 1.29 is 9.15 Å². The maximum atomic E-state index is 7.47. The Hall–Kier alpha value is -1.32. The minimum atomic E-state index is -0.0426. The van der Waals surface area contributed by atoms with Crippen LogP contribution in [0, 0.1) is 5.41 Å². The normalized spacial score (nSPS) is 11.5. The van der Waals surface area contributed by atoms with Crippen LogP contribution >= 0.6 is 0 Å². The van der Waals surface area contributed by atoms with Gasteiger partial charge in [-0.25, -0.2) is 4.98 Å². The Balaban J connectivity index is 2.65. The zero-order chi connectivity index (χ0) is 11.5. The largest absolute Gasteiger partial charge is 0.481 e. The Kier molecular flexibility index (Phi) is 3.50. The summed E-state index contributed by atoms with van der Waals surface area (Å²) >= 11 is 0. The number of nitrogens with one attached hydrogen (secondary N) is 1. The SMILES string of the molecule is CCOC(=N)Cc1ncc(C(C)(C)C)o1. The van der Waals surface area contributed by atoms with Crippen molar-refractivity contribution in [1.82, 2.24) is 4.98 Å². The second-order valence-corrected chi connectivity index (χ2v) is 4.40. The van der Waals surface area contributed by atoms with Crippen molar-refractivity contribution in [3.63, 3.8) is 0 Å². The van der Waals surface area contributed by atoms with Crippen molar-refractivity contribution in [2.24, 2.45) is 0 Å². The molecule has 0 atom stereocenters. The third kappa shape index (κ3) is 3.38. The van der Waals surface area contributed by atoms with Gasteiger partial charge in [-0.1, -0.05) is 20.8 Å². The van der Waals surface area contributed by atoms with E-state index < -0.39 is 0 Å². The minimum absolute atomic E-state index is 0.0426. The van der Waals surface area contributed by atoms with Crippen molar-refractivity contribution in [1.29, 1.82) is 5.41 Å². The molecule has 1 heterocycles. The van der Waals surface area contributed by atoms with E-state index in [1.165, 1.54) is 0 Å². The molecule has 1 N–H and O–H groups in total. The molecule has 84 valence electrons. The lowest BCUT2D eigenvalue weighted by Crippen LogP contribution is -2.09. The quantitative estimate of drug-likeness (QED) is 0.616. The number of aromatic nitrogens is 1. The molecule has 0 fully saturated rings. The summed E-state index contributed by atoms with van der Waals surface area (Å²) in [4.78, 5) is 4.12. The number of nitrogens with zero attached hydrogens (tertiary/aromatic N) is 1. The summed E-state index contributed by atoms with van der Waals surface area (Å²) in [5.74, 6) is 1.57. The van der Waals surface area contributed by atoms with Gasteiger partial charge in [-0.2, -0.15) is 0 Å². The van der Waals surface area contributed by atoms with Crippen LogP contribution in [0.25, 0.3) is 0 Å². The van der Waals surface area contributed by atoms with Crippen LogP contribution in [0.1, 0.15) is 39.3 Å². The number of oxazole rings is 1. The van der Waals surface area contributed by atoms with Crippen molar-refractivity contribution in [2.75, 3.05) is 6.61 Å². The van der Waals surface area contributed by atoms with Crippen molar-refractivity contribution in [2.45, 2.75) is 39.5 Å². The summed E-state index contributed by atoms with van der Waals surface area (Å²) in [5, 5.41) is 7.47. The second-order valence-electron chi connectivity index (χ2n) is 4.40. The van der Waals surface area contributed by atoms with E-state index in [2.05, 4.69) is 25.8 Å². The van der Waals surface area contributed by atoms with Gasteiger partial charge in [-0.15, -0.1) is 0 Å². The molecule has 0 saturated carbocycles. The predicted molar refractivity (Wildman–Crippen MR) is 58.3 cm³/mol. The van der Waals surface area contributed by atoms with Crippen LogP contribution in [0.5, 0.6) is 0 Å². The molecule has 0 unspecified atom stereocenters. The summed E-state index contributed by atoms with van der Waals surface area (Å²) < 4.78 is 10.6. The average molecular weight is 210 g/mol. The first-order chi connectivity index (χ1) is 6.93. The molecule has 0 aromatic carbocycles. The molecule has 4 nitrogen and oxygen atoms in total. The number of ether oxygens (including phenoxy) is 1. The van der Waals surface area contributed by atoms with Gasteiger partial charge in [0, 0.05) is 5.41 Å². The zero-order valence-corrected chi connectivity index (χ0v) is 9.76. The zero-order valence-electron chi connectivity index (χ0n) is 9.76. The molecule has 1 rings (SSSR count). The average Bonchev–Trinajstić information content (AvgIpc) is 2.52. The predicted octanol–water partition coefficient (Wildman–Crippen LogP) is 2.53. The topological polar surface area (TPSA) is 59.1 Å². The van der Waals surface area contributed by atoms with E-state index in [1.54, 1.807) is 6.20 Å². The molecule has 15 heavy (non-hydrogen) atoms. The molecular formula is C11H18N2O2. The van der Waals surface area contributed by atoms with Gasteiger partial charge in [0.25, 0.3) is 0 Å². The van der Waals surface area contributed by atoms with Gasteiger partial charge in [0.1, 0.15) is 5.76 Å². The van der Waals surface area contributed by atoms with Crippen LogP contribution in [0.4, 0.5) is 0 Å². The smallest absolute Gasteiger partial charge is 0.203 e. The van der Waals surface area contributed by atoms with Crippen molar-refractivity contribution in [3.8, 4) is 0 Å². The molecule has 0 saturated heterocycles. The number of rotatable bonds is 3. The van der Waals surface area contributed by atoms with E-state index in [4.69, 9.17) is 14.6 Å². The maximum absolute atomic E-state index is 7.47. The fourth-order valence-electron chi connectivity index (χ4n) is 1.10. The van der Waals surface area contributed by atoms with Crippen LogP contribution in [-0.4, -0.2) is 17.5 Å². The second kappa shape index (κ2) is 4.47. The van der Waals surface area contributed by atoms with Crippen LogP contribution in [-0.2, 0) is 16.6 Å². The van der Waals surface area contributed by atoms with Gasteiger partial charge in [-0.05, 0) is 6.92 Å². The summed E-state index contributed by atoms with van der Waals surface area (Å²) in [6.07, 6.45) is 2.04. The van der Waals surface area contributed by atoms with Crippen LogP contribution in [0.3, 0.4) is 0 Å². The number of hydrogen-bond donors (Lipinski definition) is 1. The maximum Gasteiger partial charge on any atom is 0.203 e. The fourth-order valence-corrected chi connectivity index (χ4v) is 1.10.